The number of nitrogens with one attached hydrogen (secondary N) is 2. The highest BCUT2D eigenvalue weighted by atomic mass is 16.2. The first-order chi connectivity index (χ1) is 12.7. The number of fused-ring (bicyclic) bond motifs is 2. The lowest BCUT2D eigenvalue weighted by Gasteiger charge is -2.11. The van der Waals surface area contributed by atoms with Crippen molar-refractivity contribution in [3.63, 3.8) is 0 Å². The fraction of sp³-hybridized carbons (Fsp3) is 0.182. The molecule has 1 atom stereocenters. The molecule has 1 aliphatic heterocycles. The third kappa shape index (κ3) is 3.18. The minimum absolute atomic E-state index is 0.0953. The molecule has 4 heteroatoms. The van der Waals surface area contributed by atoms with Gasteiger partial charge in [-0.05, 0) is 34.4 Å². The molecule has 4 rings (SSSR count). The summed E-state index contributed by atoms with van der Waals surface area (Å²) in [5.74, 6) is -0.596. The van der Waals surface area contributed by atoms with Crippen molar-refractivity contribution >= 4 is 28.3 Å². The Hall–Kier alpha value is -3.14. The lowest BCUT2D eigenvalue weighted by Crippen LogP contribution is -2.28. The molecule has 0 spiro atoms. The molecule has 130 valence electrons. The summed E-state index contributed by atoms with van der Waals surface area (Å²) in [6.45, 7) is 0.558. The van der Waals surface area contributed by atoms with Gasteiger partial charge in [-0.3, -0.25) is 9.59 Å². The van der Waals surface area contributed by atoms with Gasteiger partial charge in [-0.1, -0.05) is 60.7 Å². The van der Waals surface area contributed by atoms with Crippen LogP contribution in [-0.2, 0) is 16.0 Å². The van der Waals surface area contributed by atoms with Crippen molar-refractivity contribution in [3.05, 3.63) is 77.9 Å². The Kier molecular flexibility index (Phi) is 4.40. The molecule has 0 saturated carbocycles. The van der Waals surface area contributed by atoms with Crippen molar-refractivity contribution in [1.29, 1.82) is 0 Å². The Morgan fingerprint density at radius 1 is 0.962 bits per heavy atom. The molecule has 4 nitrogen and oxygen atoms in total. The summed E-state index contributed by atoms with van der Waals surface area (Å²) in [5.41, 5.74) is 2.93. The van der Waals surface area contributed by atoms with Crippen LogP contribution in [0.1, 0.15) is 23.5 Å². The van der Waals surface area contributed by atoms with E-state index in [1.807, 2.05) is 42.5 Å². The first-order valence-corrected chi connectivity index (χ1v) is 8.85. The van der Waals surface area contributed by atoms with Crippen LogP contribution in [0.3, 0.4) is 0 Å². The largest absolute Gasteiger partial charge is 0.356 e. The van der Waals surface area contributed by atoms with Gasteiger partial charge in [0.2, 0.25) is 11.8 Å². The normalized spacial score (nSPS) is 15.5. The van der Waals surface area contributed by atoms with Crippen LogP contribution >= 0.6 is 0 Å². The minimum Gasteiger partial charge on any atom is -0.356 e. The third-order valence-electron chi connectivity index (χ3n) is 4.90. The molecule has 0 aliphatic carbocycles. The molecule has 3 aromatic carbocycles. The second-order valence-corrected chi connectivity index (χ2v) is 6.57. The van der Waals surface area contributed by atoms with E-state index in [-0.39, 0.29) is 18.2 Å². The zero-order valence-corrected chi connectivity index (χ0v) is 14.4. The van der Waals surface area contributed by atoms with E-state index in [2.05, 4.69) is 34.9 Å². The van der Waals surface area contributed by atoms with Crippen LogP contribution in [0.5, 0.6) is 0 Å². The molecule has 0 fully saturated rings. The molecule has 0 saturated heterocycles. The summed E-state index contributed by atoms with van der Waals surface area (Å²) in [5, 5.41) is 8.21. The first kappa shape index (κ1) is 16.3. The second kappa shape index (κ2) is 7.00. The maximum absolute atomic E-state index is 12.3. The van der Waals surface area contributed by atoms with E-state index in [1.165, 1.54) is 16.3 Å². The van der Waals surface area contributed by atoms with Crippen LogP contribution < -0.4 is 10.6 Å². The van der Waals surface area contributed by atoms with Crippen molar-refractivity contribution in [2.45, 2.75) is 18.8 Å². The van der Waals surface area contributed by atoms with E-state index >= 15 is 0 Å². The highest BCUT2D eigenvalue weighted by molar-refractivity contribution is 6.04. The lowest BCUT2D eigenvalue weighted by atomic mass is 9.97. The standard InChI is InChI=1S/C22H20N2O2/c25-21(14-19-18-10-3-4-11-20(18)24-22(19)26)23-13-12-16-8-5-7-15-6-1-2-9-17(15)16/h1-11,19H,12-14H2,(H,23,25)(H,24,26)/t19-/m1/s1. The summed E-state index contributed by atoms with van der Waals surface area (Å²) < 4.78 is 0. The van der Waals surface area contributed by atoms with E-state index in [1.54, 1.807) is 0 Å². The van der Waals surface area contributed by atoms with Crippen LogP contribution in [0, 0.1) is 0 Å². The van der Waals surface area contributed by atoms with Crippen LogP contribution in [0.25, 0.3) is 10.8 Å². The van der Waals surface area contributed by atoms with E-state index in [9.17, 15) is 9.59 Å². The van der Waals surface area contributed by atoms with Gasteiger partial charge >= 0.3 is 0 Å². The van der Waals surface area contributed by atoms with Crippen LogP contribution in [-0.4, -0.2) is 18.4 Å². The van der Waals surface area contributed by atoms with Gasteiger partial charge in [0, 0.05) is 18.7 Å². The van der Waals surface area contributed by atoms with E-state index in [4.69, 9.17) is 0 Å². The Morgan fingerprint density at radius 3 is 2.65 bits per heavy atom. The summed E-state index contributed by atoms with van der Waals surface area (Å²) in [6.07, 6.45) is 0.943. The molecule has 26 heavy (non-hydrogen) atoms. The topological polar surface area (TPSA) is 58.2 Å². The smallest absolute Gasteiger partial charge is 0.232 e. The number of rotatable bonds is 5. The average molecular weight is 344 g/mol. The van der Waals surface area contributed by atoms with Crippen molar-refractivity contribution < 1.29 is 9.59 Å². The third-order valence-corrected chi connectivity index (χ3v) is 4.90. The summed E-state index contributed by atoms with van der Waals surface area (Å²) in [7, 11) is 0. The molecule has 3 aromatic rings. The maximum Gasteiger partial charge on any atom is 0.232 e. The fourth-order valence-electron chi connectivity index (χ4n) is 3.58. The Balaban J connectivity index is 1.37. The second-order valence-electron chi connectivity index (χ2n) is 6.57. The van der Waals surface area contributed by atoms with Gasteiger partial charge in [0.1, 0.15) is 0 Å². The zero-order chi connectivity index (χ0) is 17.9. The van der Waals surface area contributed by atoms with Crippen molar-refractivity contribution in [2.75, 3.05) is 11.9 Å². The minimum atomic E-state index is -0.399. The molecular weight excluding hydrogens is 324 g/mol. The number of amides is 2. The number of carbonyl (C=O) groups excluding carboxylic acids is 2. The van der Waals surface area contributed by atoms with Crippen LogP contribution in [0.2, 0.25) is 0 Å². The van der Waals surface area contributed by atoms with Crippen molar-refractivity contribution in [1.82, 2.24) is 5.32 Å². The highest BCUT2D eigenvalue weighted by Crippen LogP contribution is 2.34. The number of anilines is 1. The van der Waals surface area contributed by atoms with Gasteiger partial charge in [-0.15, -0.1) is 0 Å². The van der Waals surface area contributed by atoms with Gasteiger partial charge in [-0.25, -0.2) is 0 Å². The highest BCUT2D eigenvalue weighted by Gasteiger charge is 2.31. The number of hydrogen-bond acceptors (Lipinski definition) is 2. The van der Waals surface area contributed by atoms with Gasteiger partial charge in [0.05, 0.1) is 5.92 Å². The van der Waals surface area contributed by atoms with E-state index in [0.717, 1.165) is 17.7 Å². The first-order valence-electron chi connectivity index (χ1n) is 8.85. The SMILES string of the molecule is O=C(C[C@H]1C(=O)Nc2ccccc21)NCCc1cccc2ccccc12. The summed E-state index contributed by atoms with van der Waals surface area (Å²) >= 11 is 0. The Morgan fingerprint density at radius 2 is 1.73 bits per heavy atom. The summed E-state index contributed by atoms with van der Waals surface area (Å²) in [4.78, 5) is 24.4. The number of hydrogen-bond donors (Lipinski definition) is 2. The van der Waals surface area contributed by atoms with Gasteiger partial charge in [0.25, 0.3) is 0 Å². The summed E-state index contributed by atoms with van der Waals surface area (Å²) in [6, 6.07) is 22.0. The molecule has 0 aromatic heterocycles. The average Bonchev–Trinajstić information content (AvgIpc) is 2.97. The van der Waals surface area contributed by atoms with E-state index in [0.29, 0.717) is 6.54 Å². The van der Waals surface area contributed by atoms with Crippen molar-refractivity contribution in [2.24, 2.45) is 0 Å². The Bertz CT molecular complexity index is 975. The molecule has 1 aliphatic rings. The van der Waals surface area contributed by atoms with Crippen LogP contribution in [0.15, 0.2) is 66.7 Å². The molecular formula is C22H20N2O2. The predicted molar refractivity (Wildman–Crippen MR) is 103 cm³/mol. The van der Waals surface area contributed by atoms with Gasteiger partial charge in [0.15, 0.2) is 0 Å². The zero-order valence-electron chi connectivity index (χ0n) is 14.4. The molecule has 0 unspecified atom stereocenters. The molecule has 0 bridgehead atoms. The predicted octanol–water partition coefficient (Wildman–Crippen LogP) is 3.62. The fourth-order valence-corrected chi connectivity index (χ4v) is 3.58. The lowest BCUT2D eigenvalue weighted by molar-refractivity contribution is -0.125. The molecule has 1 heterocycles. The maximum atomic E-state index is 12.3. The number of para-hydroxylation sites is 1. The van der Waals surface area contributed by atoms with Gasteiger partial charge in [-0.2, -0.15) is 0 Å². The van der Waals surface area contributed by atoms with Gasteiger partial charge < -0.3 is 10.6 Å². The van der Waals surface area contributed by atoms with Crippen molar-refractivity contribution in [3.8, 4) is 0 Å². The number of benzene rings is 3. The number of carbonyl (C=O) groups is 2. The monoisotopic (exact) mass is 344 g/mol. The van der Waals surface area contributed by atoms with Crippen LogP contribution in [0.4, 0.5) is 5.69 Å². The van der Waals surface area contributed by atoms with E-state index < -0.39 is 5.92 Å². The molecule has 2 N–H and O–H groups in total. The molecule has 2 amide bonds. The Labute approximate surface area is 152 Å². The quantitative estimate of drug-likeness (QED) is 0.743. The molecule has 0 radical (unpaired) electrons.